The molecule has 1 aliphatic heterocycles. The number of fused-ring (bicyclic) bond motifs is 1. The highest BCUT2D eigenvalue weighted by Crippen LogP contribution is 2.38. The molecule has 4 aromatic rings. The highest BCUT2D eigenvalue weighted by Gasteiger charge is 2.28. The third kappa shape index (κ3) is 3.31. The minimum atomic E-state index is -0.390. The predicted octanol–water partition coefficient (Wildman–Crippen LogP) is 3.59. The molecule has 9 heteroatoms. The normalized spacial score (nSPS) is 15.3. The summed E-state index contributed by atoms with van der Waals surface area (Å²) in [7, 11) is 0. The van der Waals surface area contributed by atoms with E-state index < -0.39 is 0 Å². The SMILES string of the molecule is CCN1c2cc(-c3cc(F)c(-c4ncn[nH]4)cc3C)cnc2NCC1n1ccccc1=O. The van der Waals surface area contributed by atoms with E-state index in [9.17, 15) is 9.18 Å². The van der Waals surface area contributed by atoms with Crippen LogP contribution in [0, 0.1) is 12.7 Å². The van der Waals surface area contributed by atoms with Gasteiger partial charge in [0.2, 0.25) is 0 Å². The molecule has 32 heavy (non-hydrogen) atoms. The lowest BCUT2D eigenvalue weighted by Gasteiger charge is -2.39. The Morgan fingerprint density at radius 3 is 2.81 bits per heavy atom. The van der Waals surface area contributed by atoms with Gasteiger partial charge in [0.05, 0.1) is 17.8 Å². The van der Waals surface area contributed by atoms with Gasteiger partial charge in [0.15, 0.2) is 5.82 Å². The molecule has 0 spiro atoms. The maximum Gasteiger partial charge on any atom is 0.252 e. The summed E-state index contributed by atoms with van der Waals surface area (Å²) < 4.78 is 16.6. The van der Waals surface area contributed by atoms with Crippen molar-refractivity contribution in [3.8, 4) is 22.5 Å². The zero-order valence-corrected chi connectivity index (χ0v) is 17.7. The zero-order valence-electron chi connectivity index (χ0n) is 17.7. The zero-order chi connectivity index (χ0) is 22.2. The van der Waals surface area contributed by atoms with Crippen molar-refractivity contribution in [3.63, 3.8) is 0 Å². The number of pyridine rings is 2. The molecule has 1 aliphatic rings. The van der Waals surface area contributed by atoms with Gasteiger partial charge >= 0.3 is 0 Å². The van der Waals surface area contributed by atoms with Crippen LogP contribution in [-0.4, -0.2) is 37.8 Å². The molecule has 1 aromatic carbocycles. The quantitative estimate of drug-likeness (QED) is 0.513. The van der Waals surface area contributed by atoms with Gasteiger partial charge in [-0.1, -0.05) is 6.07 Å². The van der Waals surface area contributed by atoms with Gasteiger partial charge in [0, 0.05) is 30.6 Å². The van der Waals surface area contributed by atoms with Gasteiger partial charge in [-0.2, -0.15) is 5.10 Å². The summed E-state index contributed by atoms with van der Waals surface area (Å²) in [6.07, 6.45) is 4.70. The number of anilines is 2. The molecule has 1 unspecified atom stereocenters. The monoisotopic (exact) mass is 431 g/mol. The molecule has 162 valence electrons. The first kappa shape index (κ1) is 19.9. The van der Waals surface area contributed by atoms with Crippen molar-refractivity contribution in [2.75, 3.05) is 23.3 Å². The smallest absolute Gasteiger partial charge is 0.252 e. The average Bonchev–Trinajstić information content (AvgIpc) is 3.34. The summed E-state index contributed by atoms with van der Waals surface area (Å²) in [5.41, 5.74) is 3.61. The number of H-pyrrole nitrogens is 1. The van der Waals surface area contributed by atoms with E-state index in [1.807, 2.05) is 26.0 Å². The maximum absolute atomic E-state index is 14.9. The summed E-state index contributed by atoms with van der Waals surface area (Å²) in [4.78, 5) is 23.2. The fourth-order valence-corrected chi connectivity index (χ4v) is 4.24. The van der Waals surface area contributed by atoms with Gasteiger partial charge in [0.1, 0.15) is 24.1 Å². The summed E-state index contributed by atoms with van der Waals surface area (Å²) in [5.74, 6) is 0.740. The Kier molecular flexibility index (Phi) is 4.93. The molecule has 3 aromatic heterocycles. The summed E-state index contributed by atoms with van der Waals surface area (Å²) >= 11 is 0. The van der Waals surface area contributed by atoms with Gasteiger partial charge in [0.25, 0.3) is 5.56 Å². The number of aryl methyl sites for hydroxylation is 1. The van der Waals surface area contributed by atoms with Crippen molar-refractivity contribution < 1.29 is 4.39 Å². The number of aromatic amines is 1. The minimum absolute atomic E-state index is 0.0637. The van der Waals surface area contributed by atoms with E-state index in [2.05, 4.69) is 30.4 Å². The Hall–Kier alpha value is -4.01. The Morgan fingerprint density at radius 2 is 2.06 bits per heavy atom. The lowest BCUT2D eigenvalue weighted by atomic mass is 9.98. The molecule has 0 radical (unpaired) electrons. The first-order chi connectivity index (χ1) is 15.6. The molecule has 0 aliphatic carbocycles. The van der Waals surface area contributed by atoms with Crippen LogP contribution in [0.5, 0.6) is 0 Å². The van der Waals surface area contributed by atoms with Crippen LogP contribution in [-0.2, 0) is 0 Å². The molecule has 0 amide bonds. The number of benzene rings is 1. The van der Waals surface area contributed by atoms with Crippen LogP contribution in [0.25, 0.3) is 22.5 Å². The second-order valence-electron chi connectivity index (χ2n) is 7.67. The topological polar surface area (TPSA) is 91.7 Å². The fourth-order valence-electron chi connectivity index (χ4n) is 4.24. The van der Waals surface area contributed by atoms with Gasteiger partial charge < -0.3 is 10.2 Å². The van der Waals surface area contributed by atoms with Crippen LogP contribution in [0.3, 0.4) is 0 Å². The van der Waals surface area contributed by atoms with Crippen LogP contribution in [0.15, 0.2) is 59.9 Å². The first-order valence-corrected chi connectivity index (χ1v) is 10.4. The third-order valence-corrected chi connectivity index (χ3v) is 5.80. The summed E-state index contributed by atoms with van der Waals surface area (Å²) in [6, 6.07) is 10.4. The Morgan fingerprint density at radius 1 is 1.19 bits per heavy atom. The summed E-state index contributed by atoms with van der Waals surface area (Å²) in [6.45, 7) is 5.20. The minimum Gasteiger partial charge on any atom is -0.364 e. The van der Waals surface area contributed by atoms with E-state index in [4.69, 9.17) is 0 Å². The number of hydrogen-bond donors (Lipinski definition) is 2. The average molecular weight is 431 g/mol. The Balaban J connectivity index is 1.57. The molecule has 0 saturated carbocycles. The van der Waals surface area contributed by atoms with Gasteiger partial charge in [-0.15, -0.1) is 0 Å². The molecule has 2 N–H and O–H groups in total. The van der Waals surface area contributed by atoms with E-state index in [1.54, 1.807) is 35.2 Å². The highest BCUT2D eigenvalue weighted by atomic mass is 19.1. The van der Waals surface area contributed by atoms with Crippen LogP contribution in [0.4, 0.5) is 15.9 Å². The van der Waals surface area contributed by atoms with Crippen molar-refractivity contribution in [3.05, 3.63) is 76.9 Å². The molecule has 0 fully saturated rings. The van der Waals surface area contributed by atoms with Gasteiger partial charge in [-0.25, -0.2) is 14.4 Å². The van der Waals surface area contributed by atoms with Crippen molar-refractivity contribution >= 4 is 11.5 Å². The third-order valence-electron chi connectivity index (χ3n) is 5.80. The van der Waals surface area contributed by atoms with Crippen LogP contribution >= 0.6 is 0 Å². The standard InChI is InChI=1S/C23H22FN7O/c1-3-30-19-9-15(16-10-18(24)17(8-14(16)2)22-27-13-28-29-22)11-25-23(19)26-12-20(30)31-7-5-4-6-21(31)32/h4-11,13,20H,3,12H2,1-2H3,(H,25,26)(H,27,28,29). The molecular weight excluding hydrogens is 409 g/mol. The first-order valence-electron chi connectivity index (χ1n) is 10.4. The number of hydrogen-bond acceptors (Lipinski definition) is 6. The van der Waals surface area contributed by atoms with Crippen LogP contribution < -0.4 is 15.8 Å². The van der Waals surface area contributed by atoms with E-state index in [0.29, 0.717) is 24.5 Å². The van der Waals surface area contributed by atoms with Gasteiger partial charge in [-0.3, -0.25) is 14.5 Å². The van der Waals surface area contributed by atoms with E-state index in [-0.39, 0.29) is 17.5 Å². The van der Waals surface area contributed by atoms with Crippen molar-refractivity contribution in [1.82, 2.24) is 24.7 Å². The second kappa shape index (κ2) is 7.92. The van der Waals surface area contributed by atoms with E-state index in [1.165, 1.54) is 12.4 Å². The largest absolute Gasteiger partial charge is 0.364 e. The van der Waals surface area contributed by atoms with Crippen LogP contribution in [0.2, 0.25) is 0 Å². The second-order valence-corrected chi connectivity index (χ2v) is 7.67. The van der Waals surface area contributed by atoms with Crippen molar-refractivity contribution in [1.29, 1.82) is 0 Å². The molecule has 0 saturated heterocycles. The van der Waals surface area contributed by atoms with Gasteiger partial charge in [-0.05, 0) is 49.2 Å². The van der Waals surface area contributed by atoms with E-state index in [0.717, 1.165) is 28.2 Å². The molecule has 5 rings (SSSR count). The molecule has 1 atom stereocenters. The lowest BCUT2D eigenvalue weighted by Crippen LogP contribution is -2.44. The Labute approximate surface area is 183 Å². The number of rotatable bonds is 4. The highest BCUT2D eigenvalue weighted by molar-refractivity contribution is 5.79. The number of nitrogens with one attached hydrogen (secondary N) is 2. The number of aromatic nitrogens is 5. The fraction of sp³-hybridized carbons (Fsp3) is 0.217. The van der Waals surface area contributed by atoms with Crippen LogP contribution in [0.1, 0.15) is 18.7 Å². The molecule has 0 bridgehead atoms. The lowest BCUT2D eigenvalue weighted by molar-refractivity contribution is 0.472. The van der Waals surface area contributed by atoms with E-state index >= 15 is 0 Å². The number of halogens is 1. The summed E-state index contributed by atoms with van der Waals surface area (Å²) in [5, 5.41) is 9.84. The number of nitrogens with zero attached hydrogens (tertiary/aromatic N) is 5. The molecule has 4 heterocycles. The van der Waals surface area contributed by atoms with Crippen molar-refractivity contribution in [2.45, 2.75) is 20.0 Å². The number of likely N-dealkylation sites (N-methyl/N-ethyl adjacent to an activating group) is 1. The van der Waals surface area contributed by atoms with Crippen molar-refractivity contribution in [2.24, 2.45) is 0 Å². The predicted molar refractivity (Wildman–Crippen MR) is 121 cm³/mol. The Bertz CT molecular complexity index is 1330. The maximum atomic E-state index is 14.9. The molecular formula is C23H22FN7O. The molecule has 8 nitrogen and oxygen atoms in total.